The van der Waals surface area contributed by atoms with Gasteiger partial charge in [-0.15, -0.1) is 0 Å². The summed E-state index contributed by atoms with van der Waals surface area (Å²) in [6.45, 7) is 1.02. The molecule has 2 aromatic rings. The van der Waals surface area contributed by atoms with Gasteiger partial charge in [0.1, 0.15) is 6.61 Å². The fourth-order valence-electron chi connectivity index (χ4n) is 2.68. The largest absolute Gasteiger partial charge is 0.445 e. The first kappa shape index (κ1) is 15.0. The fraction of sp³-hybridized carbons (Fsp3) is 0.294. The molecular weight excluding hydrogens is 344 g/mol. The van der Waals surface area contributed by atoms with Gasteiger partial charge in [-0.3, -0.25) is 9.88 Å². The number of hydrogen-bond donors (Lipinski definition) is 0. The molecule has 114 valence electrons. The summed E-state index contributed by atoms with van der Waals surface area (Å²) in [4.78, 5) is 18.5. The van der Waals surface area contributed by atoms with Gasteiger partial charge in [0.15, 0.2) is 0 Å². The summed E-state index contributed by atoms with van der Waals surface area (Å²) >= 11 is 3.38. The van der Waals surface area contributed by atoms with Gasteiger partial charge in [-0.2, -0.15) is 0 Å². The van der Waals surface area contributed by atoms with Gasteiger partial charge < -0.3 is 4.74 Å². The van der Waals surface area contributed by atoms with Crippen molar-refractivity contribution in [2.45, 2.75) is 25.5 Å². The lowest BCUT2D eigenvalue weighted by atomic mass is 10.1. The second-order valence-corrected chi connectivity index (χ2v) is 6.21. The summed E-state index contributed by atoms with van der Waals surface area (Å²) in [6.07, 6.45) is 3.40. The summed E-state index contributed by atoms with van der Waals surface area (Å²) in [5.74, 6) is 0. The van der Waals surface area contributed by atoms with E-state index in [9.17, 15) is 4.79 Å². The highest BCUT2D eigenvalue weighted by molar-refractivity contribution is 9.10. The van der Waals surface area contributed by atoms with E-state index in [1.807, 2.05) is 42.5 Å². The smallest absolute Gasteiger partial charge is 0.410 e. The van der Waals surface area contributed by atoms with Crippen molar-refractivity contribution in [3.63, 3.8) is 0 Å². The molecule has 0 spiro atoms. The van der Waals surface area contributed by atoms with Crippen LogP contribution < -0.4 is 0 Å². The van der Waals surface area contributed by atoms with Crippen LogP contribution in [-0.4, -0.2) is 22.5 Å². The maximum atomic E-state index is 12.3. The Bertz CT molecular complexity index is 631. The molecule has 0 aliphatic carbocycles. The van der Waals surface area contributed by atoms with E-state index in [0.29, 0.717) is 6.61 Å². The summed E-state index contributed by atoms with van der Waals surface area (Å²) in [6, 6.07) is 13.6. The van der Waals surface area contributed by atoms with Crippen LogP contribution >= 0.6 is 15.9 Å². The number of benzene rings is 1. The van der Waals surface area contributed by atoms with Gasteiger partial charge in [0.05, 0.1) is 11.7 Å². The van der Waals surface area contributed by atoms with E-state index in [2.05, 4.69) is 20.9 Å². The molecule has 3 rings (SSSR count). The second kappa shape index (κ2) is 6.92. The molecule has 0 radical (unpaired) electrons. The van der Waals surface area contributed by atoms with Gasteiger partial charge in [-0.25, -0.2) is 4.79 Å². The van der Waals surface area contributed by atoms with E-state index in [-0.39, 0.29) is 12.1 Å². The van der Waals surface area contributed by atoms with Crippen LogP contribution in [0, 0.1) is 0 Å². The lowest BCUT2D eigenvalue weighted by Gasteiger charge is -2.23. The predicted octanol–water partition coefficient (Wildman–Crippen LogP) is 4.32. The van der Waals surface area contributed by atoms with Gasteiger partial charge >= 0.3 is 6.09 Å². The van der Waals surface area contributed by atoms with Crippen molar-refractivity contribution in [3.8, 4) is 0 Å². The maximum Gasteiger partial charge on any atom is 0.410 e. The van der Waals surface area contributed by atoms with Crippen molar-refractivity contribution in [1.29, 1.82) is 0 Å². The first-order valence-corrected chi connectivity index (χ1v) is 8.12. The van der Waals surface area contributed by atoms with Crippen molar-refractivity contribution in [1.82, 2.24) is 9.88 Å². The van der Waals surface area contributed by atoms with E-state index >= 15 is 0 Å². The molecule has 1 aromatic heterocycles. The topological polar surface area (TPSA) is 42.4 Å². The number of aromatic nitrogens is 1. The molecule has 0 unspecified atom stereocenters. The van der Waals surface area contributed by atoms with Crippen LogP contribution in [0.2, 0.25) is 0 Å². The number of rotatable bonds is 3. The molecule has 1 aliphatic heterocycles. The quantitative estimate of drug-likeness (QED) is 0.818. The number of carbonyl (C=O) groups excluding carboxylic acids is 1. The van der Waals surface area contributed by atoms with Crippen molar-refractivity contribution >= 4 is 22.0 Å². The molecule has 1 amide bonds. The molecule has 2 heterocycles. The average Bonchev–Trinajstić information content (AvgIpc) is 3.04. The minimum absolute atomic E-state index is 0.0105. The highest BCUT2D eigenvalue weighted by Gasteiger charge is 2.31. The summed E-state index contributed by atoms with van der Waals surface area (Å²) in [5, 5.41) is 0. The number of hydrogen-bond acceptors (Lipinski definition) is 3. The van der Waals surface area contributed by atoms with Crippen molar-refractivity contribution < 1.29 is 9.53 Å². The molecule has 0 saturated carbocycles. The van der Waals surface area contributed by atoms with Crippen LogP contribution in [0.4, 0.5) is 4.79 Å². The number of ether oxygens (including phenoxy) is 1. The Balaban J connectivity index is 1.65. The Labute approximate surface area is 138 Å². The van der Waals surface area contributed by atoms with Crippen LogP contribution in [-0.2, 0) is 11.3 Å². The summed E-state index contributed by atoms with van der Waals surface area (Å²) < 4.78 is 6.37. The van der Waals surface area contributed by atoms with E-state index in [4.69, 9.17) is 4.74 Å². The van der Waals surface area contributed by atoms with E-state index in [0.717, 1.165) is 35.1 Å². The SMILES string of the molecule is O=C(OCc1ccccc1)N1CCC[C@H]1c1ccc(Br)cn1. The Hall–Kier alpha value is -1.88. The lowest BCUT2D eigenvalue weighted by molar-refractivity contribution is 0.0915. The molecule has 4 nitrogen and oxygen atoms in total. The number of amides is 1. The standard InChI is InChI=1S/C17H17BrN2O2/c18-14-8-9-15(19-11-14)16-7-4-10-20(16)17(21)22-12-13-5-2-1-3-6-13/h1-3,5-6,8-9,11,16H,4,7,10,12H2/t16-/m0/s1. The second-order valence-electron chi connectivity index (χ2n) is 5.29. The molecule has 22 heavy (non-hydrogen) atoms. The third kappa shape index (κ3) is 3.47. The normalized spacial score (nSPS) is 17.5. The van der Waals surface area contributed by atoms with Crippen molar-refractivity contribution in [2.24, 2.45) is 0 Å². The highest BCUT2D eigenvalue weighted by atomic mass is 79.9. The first-order valence-electron chi connectivity index (χ1n) is 7.33. The van der Waals surface area contributed by atoms with E-state index < -0.39 is 0 Å². The minimum Gasteiger partial charge on any atom is -0.445 e. The number of likely N-dealkylation sites (tertiary alicyclic amines) is 1. The van der Waals surface area contributed by atoms with Crippen LogP contribution in [0.1, 0.15) is 30.1 Å². The Morgan fingerprint density at radius 2 is 2.09 bits per heavy atom. The molecule has 1 aromatic carbocycles. The Morgan fingerprint density at radius 1 is 1.27 bits per heavy atom. The zero-order valence-corrected chi connectivity index (χ0v) is 13.7. The fourth-order valence-corrected chi connectivity index (χ4v) is 2.91. The number of pyridine rings is 1. The number of carbonyl (C=O) groups is 1. The van der Waals surface area contributed by atoms with Gasteiger partial charge in [0.2, 0.25) is 0 Å². The molecular formula is C17H17BrN2O2. The molecule has 1 atom stereocenters. The number of halogens is 1. The van der Waals surface area contributed by atoms with Crippen LogP contribution in [0.3, 0.4) is 0 Å². The van der Waals surface area contributed by atoms with E-state index in [1.54, 1.807) is 11.1 Å². The summed E-state index contributed by atoms with van der Waals surface area (Å²) in [7, 11) is 0. The maximum absolute atomic E-state index is 12.3. The van der Waals surface area contributed by atoms with E-state index in [1.165, 1.54) is 0 Å². The third-order valence-electron chi connectivity index (χ3n) is 3.78. The monoisotopic (exact) mass is 360 g/mol. The van der Waals surface area contributed by atoms with Crippen LogP contribution in [0.5, 0.6) is 0 Å². The van der Waals surface area contributed by atoms with Gasteiger partial charge in [-0.05, 0) is 46.5 Å². The lowest BCUT2D eigenvalue weighted by Crippen LogP contribution is -2.31. The molecule has 5 heteroatoms. The third-order valence-corrected chi connectivity index (χ3v) is 4.25. The minimum atomic E-state index is -0.268. The predicted molar refractivity (Wildman–Crippen MR) is 87.2 cm³/mol. The molecule has 1 fully saturated rings. The molecule has 1 aliphatic rings. The highest BCUT2D eigenvalue weighted by Crippen LogP contribution is 2.31. The van der Waals surface area contributed by atoms with Crippen LogP contribution in [0.25, 0.3) is 0 Å². The summed E-state index contributed by atoms with van der Waals surface area (Å²) in [5.41, 5.74) is 1.91. The molecule has 1 saturated heterocycles. The van der Waals surface area contributed by atoms with Gasteiger partial charge in [-0.1, -0.05) is 30.3 Å². The van der Waals surface area contributed by atoms with Crippen LogP contribution in [0.15, 0.2) is 53.1 Å². The van der Waals surface area contributed by atoms with Crippen molar-refractivity contribution in [2.75, 3.05) is 6.54 Å². The first-order chi connectivity index (χ1) is 10.7. The Morgan fingerprint density at radius 3 is 2.82 bits per heavy atom. The number of nitrogens with zero attached hydrogens (tertiary/aromatic N) is 2. The van der Waals surface area contributed by atoms with Gasteiger partial charge in [0, 0.05) is 17.2 Å². The zero-order chi connectivity index (χ0) is 15.4. The molecule has 0 N–H and O–H groups in total. The van der Waals surface area contributed by atoms with Crippen molar-refractivity contribution in [3.05, 3.63) is 64.4 Å². The zero-order valence-electron chi connectivity index (χ0n) is 12.1. The molecule has 0 bridgehead atoms. The van der Waals surface area contributed by atoms with Gasteiger partial charge in [0.25, 0.3) is 0 Å². The average molecular weight is 361 g/mol. The Kier molecular flexibility index (Phi) is 4.73.